The average Bonchev–Trinajstić information content (AvgIpc) is 2.47. The number of rotatable bonds is 3. The first-order valence-corrected chi connectivity index (χ1v) is 8.16. The number of carbonyl (C=O) groups is 1. The van der Waals surface area contributed by atoms with Crippen molar-refractivity contribution < 1.29 is 9.53 Å². The van der Waals surface area contributed by atoms with E-state index in [4.69, 9.17) is 4.74 Å². The fourth-order valence-corrected chi connectivity index (χ4v) is 2.71. The van der Waals surface area contributed by atoms with Crippen molar-refractivity contribution in [3.8, 4) is 0 Å². The van der Waals surface area contributed by atoms with E-state index >= 15 is 0 Å². The number of hydrogen-bond donors (Lipinski definition) is 1. The van der Waals surface area contributed by atoms with Crippen molar-refractivity contribution in [2.24, 2.45) is 7.05 Å². The quantitative estimate of drug-likeness (QED) is 0.929. The van der Waals surface area contributed by atoms with Crippen molar-refractivity contribution in [1.29, 1.82) is 0 Å². The van der Waals surface area contributed by atoms with Crippen LogP contribution in [-0.4, -0.2) is 40.3 Å². The Morgan fingerprint density at radius 2 is 2.09 bits per heavy atom. The summed E-state index contributed by atoms with van der Waals surface area (Å²) in [5.74, 6) is 0. The number of hydrogen-bond acceptors (Lipinski definition) is 4. The molecule has 23 heavy (non-hydrogen) atoms. The SMILES string of the molecule is Cn1cc(NCC2CCCCN2C(=O)OC(C)(C)C)ccc1=O. The van der Waals surface area contributed by atoms with Gasteiger partial charge in [0, 0.05) is 32.4 Å². The number of carbonyl (C=O) groups excluding carboxylic acids is 1. The van der Waals surface area contributed by atoms with E-state index < -0.39 is 5.60 Å². The van der Waals surface area contributed by atoms with E-state index in [0.717, 1.165) is 31.5 Å². The van der Waals surface area contributed by atoms with Crippen LogP contribution in [0.3, 0.4) is 0 Å². The Labute approximate surface area is 137 Å². The molecule has 6 nitrogen and oxygen atoms in total. The Kier molecular flexibility index (Phi) is 5.34. The molecule has 2 rings (SSSR count). The van der Waals surface area contributed by atoms with Crippen molar-refractivity contribution in [2.45, 2.75) is 51.7 Å². The summed E-state index contributed by atoms with van der Waals surface area (Å²) in [6, 6.07) is 3.41. The molecule has 1 fully saturated rings. The van der Waals surface area contributed by atoms with E-state index in [-0.39, 0.29) is 17.7 Å². The van der Waals surface area contributed by atoms with Gasteiger partial charge in [0.25, 0.3) is 0 Å². The Bertz CT molecular complexity index is 604. The largest absolute Gasteiger partial charge is 0.444 e. The molecule has 1 N–H and O–H groups in total. The summed E-state index contributed by atoms with van der Waals surface area (Å²) in [5, 5.41) is 3.32. The fourth-order valence-electron chi connectivity index (χ4n) is 2.71. The number of likely N-dealkylation sites (tertiary alicyclic amines) is 1. The maximum absolute atomic E-state index is 12.4. The molecule has 6 heteroatoms. The first kappa shape index (κ1) is 17.4. The number of aromatic nitrogens is 1. The maximum Gasteiger partial charge on any atom is 0.410 e. The molecule has 128 valence electrons. The molecular weight excluding hydrogens is 294 g/mol. The highest BCUT2D eigenvalue weighted by Gasteiger charge is 2.30. The molecule has 0 spiro atoms. The highest BCUT2D eigenvalue weighted by atomic mass is 16.6. The van der Waals surface area contributed by atoms with E-state index in [2.05, 4.69) is 5.32 Å². The normalized spacial score (nSPS) is 18.6. The van der Waals surface area contributed by atoms with Gasteiger partial charge in [-0.15, -0.1) is 0 Å². The van der Waals surface area contributed by atoms with Crippen LogP contribution in [0.1, 0.15) is 40.0 Å². The maximum atomic E-state index is 12.4. The number of amides is 1. The lowest BCUT2D eigenvalue weighted by Gasteiger charge is -2.37. The summed E-state index contributed by atoms with van der Waals surface area (Å²) >= 11 is 0. The van der Waals surface area contributed by atoms with Crippen LogP contribution in [0, 0.1) is 0 Å². The van der Waals surface area contributed by atoms with Gasteiger partial charge >= 0.3 is 6.09 Å². The van der Waals surface area contributed by atoms with Crippen molar-refractivity contribution in [3.63, 3.8) is 0 Å². The Hall–Kier alpha value is -1.98. The van der Waals surface area contributed by atoms with Gasteiger partial charge in [-0.3, -0.25) is 4.79 Å². The molecule has 2 heterocycles. The zero-order valence-corrected chi connectivity index (χ0v) is 14.5. The molecule has 0 radical (unpaired) electrons. The van der Waals surface area contributed by atoms with Crippen molar-refractivity contribution in [2.75, 3.05) is 18.4 Å². The Morgan fingerprint density at radius 1 is 1.35 bits per heavy atom. The molecule has 0 aliphatic carbocycles. The third-order valence-corrected chi connectivity index (χ3v) is 3.88. The Morgan fingerprint density at radius 3 is 2.74 bits per heavy atom. The van der Waals surface area contributed by atoms with Crippen LogP contribution >= 0.6 is 0 Å². The van der Waals surface area contributed by atoms with Crippen molar-refractivity contribution in [1.82, 2.24) is 9.47 Å². The zero-order chi connectivity index (χ0) is 17.0. The molecular formula is C17H27N3O3. The summed E-state index contributed by atoms with van der Waals surface area (Å²) in [5.41, 5.74) is 0.356. The number of nitrogens with one attached hydrogen (secondary N) is 1. The third kappa shape index (κ3) is 5.01. The fraction of sp³-hybridized carbons (Fsp3) is 0.647. The summed E-state index contributed by atoms with van der Waals surface area (Å²) < 4.78 is 7.04. The van der Waals surface area contributed by atoms with Crippen LogP contribution in [0.4, 0.5) is 10.5 Å². The summed E-state index contributed by atoms with van der Waals surface area (Å²) in [6.07, 6.45) is 4.60. The van der Waals surface area contributed by atoms with Gasteiger partial charge in [0.1, 0.15) is 5.60 Å². The van der Waals surface area contributed by atoms with Crippen LogP contribution < -0.4 is 10.9 Å². The number of pyridine rings is 1. The van der Waals surface area contributed by atoms with Crippen molar-refractivity contribution in [3.05, 3.63) is 28.7 Å². The Balaban J connectivity index is 1.99. The number of nitrogens with zero attached hydrogens (tertiary/aromatic N) is 2. The summed E-state index contributed by atoms with van der Waals surface area (Å²) in [7, 11) is 1.72. The molecule has 1 aromatic heterocycles. The number of anilines is 1. The highest BCUT2D eigenvalue weighted by molar-refractivity contribution is 5.68. The number of piperidine rings is 1. The van der Waals surface area contributed by atoms with Gasteiger partial charge in [-0.2, -0.15) is 0 Å². The van der Waals surface area contributed by atoms with Gasteiger partial charge in [0.05, 0.1) is 11.7 Å². The van der Waals surface area contributed by atoms with E-state index in [1.807, 2.05) is 25.7 Å². The molecule has 1 aliphatic rings. The molecule has 1 atom stereocenters. The minimum Gasteiger partial charge on any atom is -0.444 e. The van der Waals surface area contributed by atoms with Crippen LogP contribution in [0.5, 0.6) is 0 Å². The number of ether oxygens (including phenoxy) is 1. The van der Waals surface area contributed by atoms with Gasteiger partial charge in [0.2, 0.25) is 5.56 Å². The average molecular weight is 321 g/mol. The molecule has 0 saturated carbocycles. The van der Waals surface area contributed by atoms with E-state index in [1.165, 1.54) is 10.6 Å². The van der Waals surface area contributed by atoms with Gasteiger partial charge in [-0.05, 0) is 46.1 Å². The molecule has 1 aromatic rings. The molecule has 1 aliphatic heterocycles. The lowest BCUT2D eigenvalue weighted by Crippen LogP contribution is -2.48. The van der Waals surface area contributed by atoms with E-state index in [0.29, 0.717) is 6.54 Å². The van der Waals surface area contributed by atoms with Gasteiger partial charge in [-0.1, -0.05) is 0 Å². The molecule has 1 unspecified atom stereocenters. The zero-order valence-electron chi connectivity index (χ0n) is 14.5. The van der Waals surface area contributed by atoms with Gasteiger partial charge in [0.15, 0.2) is 0 Å². The molecule has 1 saturated heterocycles. The summed E-state index contributed by atoms with van der Waals surface area (Å²) in [4.78, 5) is 25.6. The van der Waals surface area contributed by atoms with Crippen molar-refractivity contribution >= 4 is 11.8 Å². The van der Waals surface area contributed by atoms with Crippen LogP contribution in [0.2, 0.25) is 0 Å². The van der Waals surface area contributed by atoms with E-state index in [9.17, 15) is 9.59 Å². The van der Waals surface area contributed by atoms with E-state index in [1.54, 1.807) is 19.3 Å². The first-order chi connectivity index (χ1) is 10.8. The molecule has 1 amide bonds. The monoisotopic (exact) mass is 321 g/mol. The van der Waals surface area contributed by atoms with Gasteiger partial charge < -0.3 is 19.5 Å². The second-order valence-electron chi connectivity index (χ2n) is 7.07. The second kappa shape index (κ2) is 7.06. The standard InChI is InChI=1S/C17H27N3O3/c1-17(2,3)23-16(22)20-10-6-5-7-14(20)11-18-13-8-9-15(21)19(4)12-13/h8-9,12,14,18H,5-7,10-11H2,1-4H3. The predicted molar refractivity (Wildman–Crippen MR) is 90.8 cm³/mol. The third-order valence-electron chi connectivity index (χ3n) is 3.88. The smallest absolute Gasteiger partial charge is 0.410 e. The lowest BCUT2D eigenvalue weighted by molar-refractivity contribution is 0.0114. The van der Waals surface area contributed by atoms with Crippen LogP contribution in [-0.2, 0) is 11.8 Å². The topological polar surface area (TPSA) is 63.6 Å². The molecule has 0 aromatic carbocycles. The minimum absolute atomic E-state index is 0.0383. The predicted octanol–water partition coefficient (Wildman–Crippen LogP) is 2.59. The first-order valence-electron chi connectivity index (χ1n) is 8.16. The van der Waals surface area contributed by atoms with Crippen LogP contribution in [0.25, 0.3) is 0 Å². The highest BCUT2D eigenvalue weighted by Crippen LogP contribution is 2.21. The molecule has 0 bridgehead atoms. The minimum atomic E-state index is -0.482. The van der Waals surface area contributed by atoms with Crippen LogP contribution in [0.15, 0.2) is 23.1 Å². The number of aryl methyl sites for hydroxylation is 1. The second-order valence-corrected chi connectivity index (χ2v) is 7.07. The van der Waals surface area contributed by atoms with Gasteiger partial charge in [-0.25, -0.2) is 4.79 Å². The lowest BCUT2D eigenvalue weighted by atomic mass is 10.0. The summed E-state index contributed by atoms with van der Waals surface area (Å²) in [6.45, 7) is 7.03.